The molecule has 4 aromatic rings. The number of hydrogen-bond donors (Lipinski definition) is 0. The maximum absolute atomic E-state index is 13.4. The Labute approximate surface area is 260 Å². The van der Waals surface area contributed by atoms with Crippen LogP contribution >= 0.6 is 0 Å². The number of rotatable bonds is 11. The molecular formula is C33H34N4O8. The number of nitro groups is 1. The van der Waals surface area contributed by atoms with Crippen molar-refractivity contribution in [2.45, 2.75) is 19.6 Å². The summed E-state index contributed by atoms with van der Waals surface area (Å²) in [7, 11) is 3.22. The highest BCUT2D eigenvalue weighted by Gasteiger charge is 2.25. The summed E-state index contributed by atoms with van der Waals surface area (Å²) in [4.78, 5) is 30.0. The van der Waals surface area contributed by atoms with Gasteiger partial charge < -0.3 is 33.2 Å². The lowest BCUT2D eigenvalue weighted by molar-refractivity contribution is -0.384. The van der Waals surface area contributed by atoms with E-state index in [1.807, 2.05) is 42.5 Å². The second-order valence-electron chi connectivity index (χ2n) is 10.8. The standard InChI is InChI=1S/C33H34N4O8/c1-41-28-10-3-23(17-31(28)42-2)19-34(20-24-4-11-29-32(18-24)44-22-43-29)21-27-9-12-30(45-27)33(38)36-15-13-35(14-16-36)25-5-7-26(8-6-25)37(39)40/h3-12,17-18H,13-16,19-22H2,1-2H3. The van der Waals surface area contributed by atoms with Gasteiger partial charge in [0.1, 0.15) is 5.76 Å². The maximum Gasteiger partial charge on any atom is 0.289 e. The van der Waals surface area contributed by atoms with Crippen LogP contribution in [0.1, 0.15) is 27.4 Å². The first kappa shape index (κ1) is 29.8. The van der Waals surface area contributed by atoms with Gasteiger partial charge in [-0.3, -0.25) is 19.8 Å². The van der Waals surface area contributed by atoms with Crippen molar-refractivity contribution < 1.29 is 33.1 Å². The number of anilines is 1. The molecule has 3 heterocycles. The monoisotopic (exact) mass is 614 g/mol. The van der Waals surface area contributed by atoms with Crippen LogP contribution in [-0.4, -0.2) is 67.8 Å². The number of non-ortho nitro benzene ring substituents is 1. The fourth-order valence-electron chi connectivity index (χ4n) is 5.61. The van der Waals surface area contributed by atoms with Gasteiger partial charge in [0, 0.05) is 57.1 Å². The van der Waals surface area contributed by atoms with Gasteiger partial charge >= 0.3 is 0 Å². The van der Waals surface area contributed by atoms with Gasteiger partial charge in [-0.25, -0.2) is 0 Å². The van der Waals surface area contributed by atoms with E-state index in [2.05, 4.69) is 9.80 Å². The lowest BCUT2D eigenvalue weighted by atomic mass is 10.1. The summed E-state index contributed by atoms with van der Waals surface area (Å²) in [5.41, 5.74) is 3.03. The number of furan rings is 1. The summed E-state index contributed by atoms with van der Waals surface area (Å²) >= 11 is 0. The molecule has 12 heteroatoms. The van der Waals surface area contributed by atoms with Crippen LogP contribution in [0.2, 0.25) is 0 Å². The molecule has 2 aliphatic rings. The Balaban J connectivity index is 1.13. The summed E-state index contributed by atoms with van der Waals surface area (Å²) in [6, 6.07) is 21.8. The van der Waals surface area contributed by atoms with E-state index in [1.54, 1.807) is 37.3 Å². The number of ether oxygens (including phenoxy) is 4. The van der Waals surface area contributed by atoms with Crippen LogP contribution in [0, 0.1) is 10.1 Å². The van der Waals surface area contributed by atoms with Crippen molar-refractivity contribution in [2.24, 2.45) is 0 Å². The molecule has 0 radical (unpaired) electrons. The molecule has 1 saturated heterocycles. The minimum atomic E-state index is -0.412. The van der Waals surface area contributed by atoms with E-state index in [0.29, 0.717) is 68.8 Å². The molecule has 0 atom stereocenters. The second-order valence-corrected chi connectivity index (χ2v) is 10.8. The Morgan fingerprint density at radius 3 is 2.22 bits per heavy atom. The van der Waals surface area contributed by atoms with Crippen LogP contribution in [0.5, 0.6) is 23.0 Å². The third-order valence-electron chi connectivity index (χ3n) is 7.94. The fourth-order valence-corrected chi connectivity index (χ4v) is 5.61. The zero-order valence-electron chi connectivity index (χ0n) is 25.1. The largest absolute Gasteiger partial charge is 0.493 e. The van der Waals surface area contributed by atoms with Crippen molar-refractivity contribution in [1.82, 2.24) is 9.80 Å². The van der Waals surface area contributed by atoms with Crippen molar-refractivity contribution in [3.05, 3.63) is 106 Å². The Hall–Kier alpha value is -5.23. The minimum absolute atomic E-state index is 0.0550. The molecule has 0 aliphatic carbocycles. The van der Waals surface area contributed by atoms with Crippen LogP contribution in [-0.2, 0) is 19.6 Å². The van der Waals surface area contributed by atoms with Gasteiger partial charge in [-0.2, -0.15) is 0 Å². The molecule has 0 spiro atoms. The Morgan fingerprint density at radius 1 is 0.822 bits per heavy atom. The van der Waals surface area contributed by atoms with Gasteiger partial charge in [-0.15, -0.1) is 0 Å². The molecular weight excluding hydrogens is 580 g/mol. The number of carbonyl (C=O) groups excluding carboxylic acids is 1. The number of amides is 1. The van der Waals surface area contributed by atoms with Crippen LogP contribution in [0.3, 0.4) is 0 Å². The van der Waals surface area contributed by atoms with E-state index >= 15 is 0 Å². The number of fused-ring (bicyclic) bond motifs is 1. The van der Waals surface area contributed by atoms with Crippen LogP contribution < -0.4 is 23.8 Å². The molecule has 0 unspecified atom stereocenters. The zero-order chi connectivity index (χ0) is 31.3. The first-order valence-electron chi connectivity index (χ1n) is 14.6. The van der Waals surface area contributed by atoms with E-state index in [0.717, 1.165) is 28.3 Å². The van der Waals surface area contributed by atoms with Gasteiger partial charge in [0.05, 0.1) is 25.7 Å². The number of piperazine rings is 1. The zero-order valence-corrected chi connectivity index (χ0v) is 25.1. The van der Waals surface area contributed by atoms with Gasteiger partial charge in [-0.05, 0) is 59.7 Å². The number of carbonyl (C=O) groups is 1. The molecule has 2 aliphatic heterocycles. The normalized spacial score (nSPS) is 14.1. The van der Waals surface area contributed by atoms with Crippen molar-refractivity contribution in [3.63, 3.8) is 0 Å². The average Bonchev–Trinajstić information content (AvgIpc) is 3.74. The molecule has 12 nitrogen and oxygen atoms in total. The summed E-state index contributed by atoms with van der Waals surface area (Å²) in [5.74, 6) is 3.56. The number of nitro benzene ring substituents is 1. The van der Waals surface area contributed by atoms with Gasteiger partial charge in [-0.1, -0.05) is 12.1 Å². The summed E-state index contributed by atoms with van der Waals surface area (Å²) < 4.78 is 28.1. The molecule has 234 valence electrons. The number of nitrogens with zero attached hydrogens (tertiary/aromatic N) is 4. The van der Waals surface area contributed by atoms with Crippen molar-refractivity contribution >= 4 is 17.3 Å². The third-order valence-corrected chi connectivity index (χ3v) is 7.94. The molecule has 1 aromatic heterocycles. The summed E-state index contributed by atoms with van der Waals surface area (Å²) in [6.45, 7) is 4.12. The molecule has 45 heavy (non-hydrogen) atoms. The predicted octanol–water partition coefficient (Wildman–Crippen LogP) is 5.10. The SMILES string of the molecule is COc1ccc(CN(Cc2ccc3c(c2)OCO3)Cc2ccc(C(=O)N3CCN(c4ccc([N+](=O)[O-])cc4)CC3)o2)cc1OC. The Kier molecular flexibility index (Phi) is 8.74. The van der Waals surface area contributed by atoms with Crippen LogP contribution in [0.25, 0.3) is 0 Å². The van der Waals surface area contributed by atoms with E-state index < -0.39 is 4.92 Å². The minimum Gasteiger partial charge on any atom is -0.493 e. The number of benzene rings is 3. The van der Waals surface area contributed by atoms with Gasteiger partial charge in [0.15, 0.2) is 28.8 Å². The molecule has 0 bridgehead atoms. The van der Waals surface area contributed by atoms with Crippen molar-refractivity contribution in [3.8, 4) is 23.0 Å². The quantitative estimate of drug-likeness (QED) is 0.167. The molecule has 3 aromatic carbocycles. The van der Waals surface area contributed by atoms with E-state index in [1.165, 1.54) is 12.1 Å². The topological polar surface area (TPSA) is 120 Å². The molecule has 1 amide bonds. The maximum atomic E-state index is 13.4. The van der Waals surface area contributed by atoms with E-state index in [4.69, 9.17) is 23.4 Å². The van der Waals surface area contributed by atoms with Crippen LogP contribution in [0.4, 0.5) is 11.4 Å². The number of methoxy groups -OCH3 is 2. The fraction of sp³-hybridized carbons (Fsp3) is 0.303. The van der Waals surface area contributed by atoms with Gasteiger partial charge in [0.2, 0.25) is 6.79 Å². The van der Waals surface area contributed by atoms with Crippen molar-refractivity contribution in [2.75, 3.05) is 52.1 Å². The highest BCUT2D eigenvalue weighted by Crippen LogP contribution is 2.34. The first-order chi connectivity index (χ1) is 21.9. The third kappa shape index (κ3) is 6.80. The summed E-state index contributed by atoms with van der Waals surface area (Å²) in [6.07, 6.45) is 0. The summed E-state index contributed by atoms with van der Waals surface area (Å²) in [5, 5.41) is 11.0. The van der Waals surface area contributed by atoms with Gasteiger partial charge in [0.25, 0.3) is 11.6 Å². The van der Waals surface area contributed by atoms with E-state index in [-0.39, 0.29) is 18.4 Å². The lowest BCUT2D eigenvalue weighted by Crippen LogP contribution is -2.48. The molecule has 0 saturated carbocycles. The highest BCUT2D eigenvalue weighted by atomic mass is 16.7. The smallest absolute Gasteiger partial charge is 0.289 e. The number of hydrogen-bond acceptors (Lipinski definition) is 10. The first-order valence-corrected chi connectivity index (χ1v) is 14.6. The highest BCUT2D eigenvalue weighted by molar-refractivity contribution is 5.91. The predicted molar refractivity (Wildman–Crippen MR) is 165 cm³/mol. The van der Waals surface area contributed by atoms with E-state index in [9.17, 15) is 14.9 Å². The van der Waals surface area contributed by atoms with Crippen molar-refractivity contribution in [1.29, 1.82) is 0 Å². The Morgan fingerprint density at radius 2 is 1.51 bits per heavy atom. The average molecular weight is 615 g/mol. The molecule has 1 fully saturated rings. The molecule has 0 N–H and O–H groups in total. The Bertz CT molecular complexity index is 1660. The lowest BCUT2D eigenvalue weighted by Gasteiger charge is -2.35. The van der Waals surface area contributed by atoms with Crippen LogP contribution in [0.15, 0.2) is 77.2 Å². The molecule has 6 rings (SSSR count). The second kappa shape index (κ2) is 13.2.